The van der Waals surface area contributed by atoms with Crippen LogP contribution < -0.4 is 0 Å². The molecule has 0 N–H and O–H groups in total. The minimum Gasteiger partial charge on any atom is -0.295 e. The monoisotopic (exact) mass is 224 g/mol. The molecule has 0 aliphatic carbocycles. The molecule has 0 bridgehead atoms. The number of Topliss-reactive ketones (excluding diaryl/α,β-unsaturated/α-hetero) is 1. The van der Waals surface area contributed by atoms with E-state index in [1.165, 1.54) is 18.7 Å². The summed E-state index contributed by atoms with van der Waals surface area (Å²) < 4.78 is 0. The van der Waals surface area contributed by atoms with Crippen LogP contribution in [0.2, 0.25) is 0 Å². The maximum absolute atomic E-state index is 11.6. The molecule has 2 aliphatic heterocycles. The van der Waals surface area contributed by atoms with Crippen LogP contribution in [0, 0.1) is 0 Å². The molecule has 0 aromatic rings. The summed E-state index contributed by atoms with van der Waals surface area (Å²) in [5.74, 6) is 0.433. The molecule has 2 aliphatic rings. The minimum absolute atomic E-state index is 0.00694. The first-order valence-corrected chi connectivity index (χ1v) is 5.76. The average Bonchev–Trinajstić information content (AvgIpc) is 2.46. The SMILES string of the molecule is CC(=O)C1=C(C)N2C(=O)CSC2=NC1C. The van der Waals surface area contributed by atoms with Gasteiger partial charge in [-0.1, -0.05) is 11.8 Å². The third-order valence-electron chi connectivity index (χ3n) is 2.59. The summed E-state index contributed by atoms with van der Waals surface area (Å²) in [7, 11) is 0. The Balaban J connectivity index is 2.49. The number of amides is 1. The quantitative estimate of drug-likeness (QED) is 0.672. The summed E-state index contributed by atoms with van der Waals surface area (Å²) in [5.41, 5.74) is 1.39. The number of carbonyl (C=O) groups excluding carboxylic acids is 2. The molecule has 2 rings (SSSR count). The maximum Gasteiger partial charge on any atom is 0.243 e. The highest BCUT2D eigenvalue weighted by Gasteiger charge is 2.36. The predicted octanol–water partition coefficient (Wildman–Crippen LogP) is 1.18. The Labute approximate surface area is 92.4 Å². The zero-order valence-electron chi connectivity index (χ0n) is 8.90. The van der Waals surface area contributed by atoms with Crippen molar-refractivity contribution in [2.45, 2.75) is 26.8 Å². The van der Waals surface area contributed by atoms with E-state index in [-0.39, 0.29) is 17.7 Å². The molecule has 0 aromatic carbocycles. The van der Waals surface area contributed by atoms with Gasteiger partial charge in [-0.3, -0.25) is 19.5 Å². The molecule has 0 aromatic heterocycles. The van der Waals surface area contributed by atoms with E-state index in [4.69, 9.17) is 0 Å². The van der Waals surface area contributed by atoms with Crippen molar-refractivity contribution in [1.29, 1.82) is 0 Å². The number of allylic oxidation sites excluding steroid dienone is 1. The van der Waals surface area contributed by atoms with Crippen molar-refractivity contribution in [3.8, 4) is 0 Å². The lowest BCUT2D eigenvalue weighted by Gasteiger charge is -2.26. The second kappa shape index (κ2) is 3.48. The molecule has 80 valence electrons. The Morgan fingerprint density at radius 1 is 1.60 bits per heavy atom. The predicted molar refractivity (Wildman–Crippen MR) is 59.6 cm³/mol. The van der Waals surface area contributed by atoms with Gasteiger partial charge in [-0.2, -0.15) is 0 Å². The van der Waals surface area contributed by atoms with E-state index in [9.17, 15) is 9.59 Å². The molecule has 0 spiro atoms. The molecule has 1 saturated heterocycles. The molecule has 1 unspecified atom stereocenters. The van der Waals surface area contributed by atoms with Crippen LogP contribution >= 0.6 is 11.8 Å². The van der Waals surface area contributed by atoms with Crippen LogP contribution in [0.25, 0.3) is 0 Å². The molecule has 0 radical (unpaired) electrons. The van der Waals surface area contributed by atoms with Gasteiger partial charge in [0.15, 0.2) is 11.0 Å². The Bertz CT molecular complexity index is 412. The third-order valence-corrected chi connectivity index (χ3v) is 3.53. The molecule has 1 fully saturated rings. The summed E-state index contributed by atoms with van der Waals surface area (Å²) in [5, 5.41) is 0.731. The fraction of sp³-hybridized carbons (Fsp3) is 0.500. The fourth-order valence-electron chi connectivity index (χ4n) is 1.99. The molecular formula is C10H12N2O2S. The highest BCUT2D eigenvalue weighted by Crippen LogP contribution is 2.31. The molecule has 4 nitrogen and oxygen atoms in total. The summed E-state index contributed by atoms with van der Waals surface area (Å²) >= 11 is 1.44. The average molecular weight is 224 g/mol. The van der Waals surface area contributed by atoms with Crippen LogP contribution in [0.4, 0.5) is 0 Å². The molecule has 5 heteroatoms. The second-order valence-corrected chi connectivity index (χ2v) is 4.60. The third kappa shape index (κ3) is 1.51. The zero-order chi connectivity index (χ0) is 11.2. The van der Waals surface area contributed by atoms with Crippen LogP contribution in [0.1, 0.15) is 20.8 Å². The van der Waals surface area contributed by atoms with Gasteiger partial charge in [0.25, 0.3) is 0 Å². The minimum atomic E-state index is -0.132. The van der Waals surface area contributed by atoms with Gasteiger partial charge in [-0.25, -0.2) is 0 Å². The number of hydrogen-bond acceptors (Lipinski definition) is 4. The van der Waals surface area contributed by atoms with Gasteiger partial charge in [0.2, 0.25) is 5.91 Å². The van der Waals surface area contributed by atoms with Crippen molar-refractivity contribution in [1.82, 2.24) is 4.90 Å². The number of amidine groups is 1. The number of hydrogen-bond donors (Lipinski definition) is 0. The van der Waals surface area contributed by atoms with E-state index in [1.54, 1.807) is 4.90 Å². The lowest BCUT2D eigenvalue weighted by atomic mass is 10.0. The fourth-order valence-corrected chi connectivity index (χ4v) is 2.97. The van der Waals surface area contributed by atoms with Gasteiger partial charge < -0.3 is 0 Å². The van der Waals surface area contributed by atoms with E-state index in [1.807, 2.05) is 13.8 Å². The highest BCUT2D eigenvalue weighted by molar-refractivity contribution is 8.15. The van der Waals surface area contributed by atoms with Crippen LogP contribution in [0.15, 0.2) is 16.3 Å². The molecule has 15 heavy (non-hydrogen) atoms. The van der Waals surface area contributed by atoms with Crippen LogP contribution in [0.5, 0.6) is 0 Å². The zero-order valence-corrected chi connectivity index (χ0v) is 9.72. The van der Waals surface area contributed by atoms with Crippen molar-refractivity contribution in [2.75, 3.05) is 5.75 Å². The van der Waals surface area contributed by atoms with Gasteiger partial charge in [-0.15, -0.1) is 0 Å². The smallest absolute Gasteiger partial charge is 0.243 e. The van der Waals surface area contributed by atoms with Gasteiger partial charge in [0, 0.05) is 11.3 Å². The second-order valence-electron chi connectivity index (χ2n) is 3.66. The normalized spacial score (nSPS) is 25.5. The molecule has 2 heterocycles. The first kappa shape index (κ1) is 10.4. The number of ketones is 1. The van der Waals surface area contributed by atoms with Gasteiger partial charge in [-0.05, 0) is 20.8 Å². The summed E-state index contributed by atoms with van der Waals surface area (Å²) in [6.45, 7) is 5.21. The number of aliphatic imine (C=N–C) groups is 1. The van der Waals surface area contributed by atoms with Crippen molar-refractivity contribution in [3.63, 3.8) is 0 Å². The lowest BCUT2D eigenvalue weighted by Crippen LogP contribution is -2.35. The number of rotatable bonds is 1. The van der Waals surface area contributed by atoms with Crippen LogP contribution in [0.3, 0.4) is 0 Å². The van der Waals surface area contributed by atoms with Crippen LogP contribution in [-0.2, 0) is 9.59 Å². The summed E-state index contributed by atoms with van der Waals surface area (Å²) in [6.07, 6.45) is 0. The number of carbonyl (C=O) groups is 2. The number of fused-ring (bicyclic) bond motifs is 1. The van der Waals surface area contributed by atoms with Crippen molar-refractivity contribution >= 4 is 28.6 Å². The topological polar surface area (TPSA) is 49.7 Å². The largest absolute Gasteiger partial charge is 0.295 e. The first-order valence-electron chi connectivity index (χ1n) is 4.77. The molecule has 1 atom stereocenters. The molecule has 0 saturated carbocycles. The van der Waals surface area contributed by atoms with Crippen molar-refractivity contribution in [3.05, 3.63) is 11.3 Å². The number of thioether (sulfide) groups is 1. The van der Waals surface area contributed by atoms with E-state index in [0.29, 0.717) is 11.3 Å². The van der Waals surface area contributed by atoms with Gasteiger partial charge >= 0.3 is 0 Å². The Morgan fingerprint density at radius 3 is 2.87 bits per heavy atom. The van der Waals surface area contributed by atoms with E-state index < -0.39 is 0 Å². The highest BCUT2D eigenvalue weighted by atomic mass is 32.2. The van der Waals surface area contributed by atoms with Crippen molar-refractivity contribution in [2.24, 2.45) is 4.99 Å². The van der Waals surface area contributed by atoms with Crippen LogP contribution in [-0.4, -0.2) is 33.6 Å². The van der Waals surface area contributed by atoms with Crippen molar-refractivity contribution < 1.29 is 9.59 Å². The van der Waals surface area contributed by atoms with Gasteiger partial charge in [0.1, 0.15) is 0 Å². The Kier molecular flexibility index (Phi) is 2.42. The van der Waals surface area contributed by atoms with Gasteiger partial charge in [0.05, 0.1) is 11.8 Å². The molecular weight excluding hydrogens is 212 g/mol. The summed E-state index contributed by atoms with van der Waals surface area (Å²) in [4.78, 5) is 28.9. The first-order chi connectivity index (χ1) is 7.02. The lowest BCUT2D eigenvalue weighted by molar-refractivity contribution is -0.122. The van der Waals surface area contributed by atoms with E-state index in [2.05, 4.69) is 4.99 Å². The summed E-state index contributed by atoms with van der Waals surface area (Å²) in [6, 6.07) is -0.132. The standard InChI is InChI=1S/C10H12N2O2S/c1-5-9(7(3)13)6(2)12-8(14)4-15-10(12)11-5/h5H,4H2,1-3H3. The maximum atomic E-state index is 11.6. The van der Waals surface area contributed by atoms with E-state index >= 15 is 0 Å². The number of nitrogens with zero attached hydrogens (tertiary/aromatic N) is 2. The Hall–Kier alpha value is -1.10. The Morgan fingerprint density at radius 2 is 2.27 bits per heavy atom. The van der Waals surface area contributed by atoms with E-state index in [0.717, 1.165) is 10.9 Å². The molecule has 1 amide bonds.